The van der Waals surface area contributed by atoms with Crippen molar-refractivity contribution in [1.82, 2.24) is 9.55 Å². The maximum Gasteiger partial charge on any atom is 0.349 e. The summed E-state index contributed by atoms with van der Waals surface area (Å²) < 4.78 is 15.1. The highest BCUT2D eigenvalue weighted by Gasteiger charge is 2.19. The maximum absolute atomic E-state index is 13.5. The summed E-state index contributed by atoms with van der Waals surface area (Å²) in [7, 11) is 0. The third kappa shape index (κ3) is 2.87. The van der Waals surface area contributed by atoms with Crippen molar-refractivity contribution in [3.05, 3.63) is 82.0 Å². The van der Waals surface area contributed by atoms with Gasteiger partial charge < -0.3 is 0 Å². The quantitative estimate of drug-likeness (QED) is 0.537. The highest BCUT2D eigenvalue weighted by atomic mass is 32.2. The van der Waals surface area contributed by atoms with E-state index < -0.39 is 0 Å². The summed E-state index contributed by atoms with van der Waals surface area (Å²) in [6.45, 7) is 0.543. The Bertz CT molecular complexity index is 953. The first-order valence-corrected chi connectivity index (χ1v) is 8.77. The number of hydrogen-bond acceptors (Lipinski definition) is 3. The standard InChI is InChI=1S/C19H15FN2OS/c20-15-6-7-16-14(10-15)8-9-22-17(16)11-18(21-19(22)23)24-12-13-4-2-1-3-5-13/h1-7,10-11H,8-9,12H2. The molecule has 0 aliphatic carbocycles. The maximum atomic E-state index is 13.5. The van der Waals surface area contributed by atoms with Crippen LogP contribution < -0.4 is 5.69 Å². The van der Waals surface area contributed by atoms with E-state index >= 15 is 0 Å². The molecule has 0 radical (unpaired) electrons. The SMILES string of the molecule is O=c1nc(SCc2ccccc2)cc2n1CCc1cc(F)ccc1-2. The lowest BCUT2D eigenvalue weighted by molar-refractivity contribution is 0.607. The van der Waals surface area contributed by atoms with E-state index in [-0.39, 0.29) is 11.5 Å². The molecule has 5 heteroatoms. The van der Waals surface area contributed by atoms with E-state index in [0.717, 1.165) is 22.6 Å². The Balaban J connectivity index is 1.70. The van der Waals surface area contributed by atoms with Crippen LogP contribution in [0, 0.1) is 5.82 Å². The van der Waals surface area contributed by atoms with Gasteiger partial charge >= 0.3 is 5.69 Å². The minimum Gasteiger partial charge on any atom is -0.292 e. The van der Waals surface area contributed by atoms with Gasteiger partial charge in [-0.2, -0.15) is 4.98 Å². The number of nitrogens with zero attached hydrogens (tertiary/aromatic N) is 2. The summed E-state index contributed by atoms with van der Waals surface area (Å²) in [5.74, 6) is 0.518. The number of thioether (sulfide) groups is 1. The van der Waals surface area contributed by atoms with Crippen molar-refractivity contribution in [3.8, 4) is 11.3 Å². The summed E-state index contributed by atoms with van der Waals surface area (Å²) in [5, 5.41) is 0.701. The number of aryl methyl sites for hydroxylation is 1. The summed E-state index contributed by atoms with van der Waals surface area (Å²) in [4.78, 5) is 16.5. The van der Waals surface area contributed by atoms with E-state index in [2.05, 4.69) is 17.1 Å². The Hall–Kier alpha value is -2.40. The highest BCUT2D eigenvalue weighted by molar-refractivity contribution is 7.98. The molecule has 2 heterocycles. The van der Waals surface area contributed by atoms with Gasteiger partial charge in [-0.1, -0.05) is 30.3 Å². The summed E-state index contributed by atoms with van der Waals surface area (Å²) >= 11 is 1.54. The molecule has 3 aromatic rings. The molecule has 1 aliphatic rings. The number of hydrogen-bond donors (Lipinski definition) is 0. The molecule has 0 bridgehead atoms. The first-order valence-electron chi connectivity index (χ1n) is 7.78. The fraction of sp³-hybridized carbons (Fsp3) is 0.158. The molecule has 0 fully saturated rings. The monoisotopic (exact) mass is 338 g/mol. The molecule has 4 rings (SSSR count). The third-order valence-corrected chi connectivity index (χ3v) is 5.15. The summed E-state index contributed by atoms with van der Waals surface area (Å²) in [6.07, 6.45) is 0.651. The second-order valence-corrected chi connectivity index (χ2v) is 6.74. The van der Waals surface area contributed by atoms with Gasteiger partial charge in [0.25, 0.3) is 0 Å². The molecule has 0 saturated heterocycles. The van der Waals surface area contributed by atoms with Gasteiger partial charge in [-0.3, -0.25) is 4.57 Å². The fourth-order valence-corrected chi connectivity index (χ4v) is 3.83. The average Bonchev–Trinajstić information content (AvgIpc) is 2.60. The van der Waals surface area contributed by atoms with Crippen molar-refractivity contribution in [2.45, 2.75) is 23.7 Å². The minimum atomic E-state index is -0.239. The average molecular weight is 338 g/mol. The predicted molar refractivity (Wildman–Crippen MR) is 93.6 cm³/mol. The van der Waals surface area contributed by atoms with Crippen molar-refractivity contribution in [3.63, 3.8) is 0 Å². The van der Waals surface area contributed by atoms with Crippen molar-refractivity contribution >= 4 is 11.8 Å². The van der Waals surface area contributed by atoms with E-state index in [9.17, 15) is 9.18 Å². The van der Waals surface area contributed by atoms with Gasteiger partial charge in [0.05, 0.1) is 5.69 Å². The molecular formula is C19H15FN2OS. The van der Waals surface area contributed by atoms with Crippen LogP contribution in [-0.2, 0) is 18.7 Å². The molecule has 1 aliphatic heterocycles. The fourth-order valence-electron chi connectivity index (χ4n) is 2.98. The Morgan fingerprint density at radius 3 is 2.79 bits per heavy atom. The van der Waals surface area contributed by atoms with Crippen molar-refractivity contribution in [1.29, 1.82) is 0 Å². The summed E-state index contributed by atoms with van der Waals surface area (Å²) in [6, 6.07) is 16.8. The second kappa shape index (κ2) is 6.24. The Morgan fingerprint density at radius 2 is 1.96 bits per heavy atom. The topological polar surface area (TPSA) is 34.9 Å². The van der Waals surface area contributed by atoms with Crippen molar-refractivity contribution in [2.75, 3.05) is 0 Å². The Labute approximate surface area is 143 Å². The molecule has 0 unspecified atom stereocenters. The van der Waals surface area contributed by atoms with Crippen LogP contribution in [0.3, 0.4) is 0 Å². The van der Waals surface area contributed by atoms with Gasteiger partial charge in [-0.05, 0) is 41.8 Å². The van der Waals surface area contributed by atoms with Crippen LogP contribution in [0.5, 0.6) is 0 Å². The number of rotatable bonds is 3. The zero-order valence-corrected chi connectivity index (χ0v) is 13.7. The van der Waals surface area contributed by atoms with Crippen molar-refractivity contribution in [2.24, 2.45) is 0 Å². The van der Waals surface area contributed by atoms with Crippen LogP contribution in [0.25, 0.3) is 11.3 Å². The molecule has 0 N–H and O–H groups in total. The number of fused-ring (bicyclic) bond motifs is 3. The molecule has 120 valence electrons. The van der Waals surface area contributed by atoms with Crippen molar-refractivity contribution < 1.29 is 4.39 Å². The van der Waals surface area contributed by atoms with E-state index in [1.165, 1.54) is 23.4 Å². The Morgan fingerprint density at radius 1 is 1.12 bits per heavy atom. The lowest BCUT2D eigenvalue weighted by Gasteiger charge is -2.21. The predicted octanol–water partition coefficient (Wildman–Crippen LogP) is 3.90. The third-order valence-electron chi connectivity index (χ3n) is 4.17. The van der Waals surface area contributed by atoms with Gasteiger partial charge in [-0.15, -0.1) is 11.8 Å². The van der Waals surface area contributed by atoms with E-state index in [1.807, 2.05) is 24.3 Å². The first-order chi connectivity index (χ1) is 11.7. The normalized spacial score (nSPS) is 12.5. The zero-order chi connectivity index (χ0) is 16.5. The van der Waals surface area contributed by atoms with E-state index in [4.69, 9.17) is 0 Å². The minimum absolute atomic E-state index is 0.238. The van der Waals surface area contributed by atoms with Crippen LogP contribution in [0.15, 0.2) is 64.4 Å². The molecule has 3 nitrogen and oxygen atoms in total. The van der Waals surface area contributed by atoms with Crippen LogP contribution in [0.1, 0.15) is 11.1 Å². The molecule has 2 aromatic carbocycles. The molecule has 0 atom stereocenters. The van der Waals surface area contributed by atoms with E-state index in [0.29, 0.717) is 18.0 Å². The molecule has 0 amide bonds. The molecule has 0 saturated carbocycles. The lowest BCUT2D eigenvalue weighted by Crippen LogP contribution is -2.28. The van der Waals surface area contributed by atoms with Gasteiger partial charge in [0.1, 0.15) is 10.8 Å². The van der Waals surface area contributed by atoms with Gasteiger partial charge in [0.15, 0.2) is 0 Å². The second-order valence-electron chi connectivity index (χ2n) is 5.74. The Kier molecular flexibility index (Phi) is 3.94. The molecule has 24 heavy (non-hydrogen) atoms. The van der Waals surface area contributed by atoms with E-state index in [1.54, 1.807) is 16.7 Å². The number of halogens is 1. The van der Waals surface area contributed by atoms with Crippen LogP contribution in [-0.4, -0.2) is 9.55 Å². The molecular weight excluding hydrogens is 323 g/mol. The smallest absolute Gasteiger partial charge is 0.292 e. The zero-order valence-electron chi connectivity index (χ0n) is 12.9. The van der Waals surface area contributed by atoms with Gasteiger partial charge in [0, 0.05) is 17.9 Å². The summed E-state index contributed by atoms with van der Waals surface area (Å²) in [5.41, 5.74) is 3.64. The first kappa shape index (κ1) is 15.1. The largest absolute Gasteiger partial charge is 0.349 e. The molecule has 0 spiro atoms. The van der Waals surface area contributed by atoms with Gasteiger partial charge in [0.2, 0.25) is 0 Å². The van der Waals surface area contributed by atoms with Gasteiger partial charge in [-0.25, -0.2) is 9.18 Å². The van der Waals surface area contributed by atoms with Crippen LogP contribution in [0.2, 0.25) is 0 Å². The lowest BCUT2D eigenvalue weighted by atomic mass is 9.98. The number of benzene rings is 2. The molecule has 1 aromatic heterocycles. The highest BCUT2D eigenvalue weighted by Crippen LogP contribution is 2.31. The number of aromatic nitrogens is 2. The van der Waals surface area contributed by atoms with Crippen LogP contribution >= 0.6 is 11.8 Å². The van der Waals surface area contributed by atoms with Crippen LogP contribution in [0.4, 0.5) is 4.39 Å².